The summed E-state index contributed by atoms with van der Waals surface area (Å²) in [6.45, 7) is 4.32. The number of carboxylic acids is 1. The number of nitrogens with zero attached hydrogens (tertiary/aromatic N) is 4. The van der Waals surface area contributed by atoms with Crippen molar-refractivity contribution in [2.24, 2.45) is 5.92 Å². The van der Waals surface area contributed by atoms with Crippen LogP contribution in [-0.2, 0) is 29.1 Å². The van der Waals surface area contributed by atoms with E-state index >= 15 is 0 Å². The topological polar surface area (TPSA) is 78.7 Å². The first-order valence-corrected chi connectivity index (χ1v) is 10.4. The third kappa shape index (κ3) is 4.20. The lowest BCUT2D eigenvalue weighted by atomic mass is 10.0. The number of rotatable bonds is 5. The Balaban J connectivity index is 1.49. The zero-order valence-corrected chi connectivity index (χ0v) is 17.5. The van der Waals surface area contributed by atoms with Crippen molar-refractivity contribution in [3.63, 3.8) is 0 Å². The van der Waals surface area contributed by atoms with Crippen LogP contribution >= 0.6 is 11.6 Å². The molecule has 1 amide bonds. The first-order valence-electron chi connectivity index (χ1n) is 10.0. The number of fused-ring (bicyclic) bond motifs is 1. The summed E-state index contributed by atoms with van der Waals surface area (Å²) >= 11 is 5.85. The smallest absolute Gasteiger partial charge is 0.317 e. The van der Waals surface area contributed by atoms with Gasteiger partial charge in [0.2, 0.25) is 5.91 Å². The molecule has 9 heteroatoms. The van der Waals surface area contributed by atoms with Crippen LogP contribution in [0.5, 0.6) is 0 Å². The van der Waals surface area contributed by atoms with E-state index in [9.17, 15) is 14.0 Å². The Morgan fingerprint density at radius 3 is 2.87 bits per heavy atom. The van der Waals surface area contributed by atoms with Crippen LogP contribution in [0.25, 0.3) is 0 Å². The highest BCUT2D eigenvalue weighted by Crippen LogP contribution is 2.27. The lowest BCUT2D eigenvalue weighted by molar-refractivity contribution is -0.139. The second kappa shape index (κ2) is 8.35. The molecular weight excluding hydrogens is 411 g/mol. The Bertz CT molecular complexity index is 993. The van der Waals surface area contributed by atoms with E-state index in [0.29, 0.717) is 49.6 Å². The maximum atomic E-state index is 14.3. The van der Waals surface area contributed by atoms with Crippen LogP contribution in [-0.4, -0.2) is 62.7 Å². The van der Waals surface area contributed by atoms with Gasteiger partial charge in [0.05, 0.1) is 36.9 Å². The summed E-state index contributed by atoms with van der Waals surface area (Å²) in [6.07, 6.45) is 1.38. The van der Waals surface area contributed by atoms with Gasteiger partial charge in [0, 0.05) is 23.7 Å². The molecule has 1 unspecified atom stereocenters. The van der Waals surface area contributed by atoms with Gasteiger partial charge in [-0.05, 0) is 44.0 Å². The quantitative estimate of drug-likeness (QED) is 0.781. The van der Waals surface area contributed by atoms with Gasteiger partial charge >= 0.3 is 5.97 Å². The Labute approximate surface area is 179 Å². The highest BCUT2D eigenvalue weighted by molar-refractivity contribution is 6.30. The molecule has 4 rings (SSSR count). The van der Waals surface area contributed by atoms with E-state index in [-0.39, 0.29) is 30.7 Å². The maximum absolute atomic E-state index is 14.3. The standard InChI is InChI=1S/C21H24ClFN4O3/c1-13-17-5-7-26(21(30)15-4-6-25(9-15)12-20(28)29)11-19(17)27(24-13)10-14-2-3-16(22)8-18(14)23/h2-3,8,15H,4-7,9-12H2,1H3,(H,28,29). The minimum Gasteiger partial charge on any atom is -0.480 e. The first kappa shape index (κ1) is 20.8. The summed E-state index contributed by atoms with van der Waals surface area (Å²) in [4.78, 5) is 27.6. The van der Waals surface area contributed by atoms with E-state index in [4.69, 9.17) is 16.7 Å². The molecular formula is C21H24ClFN4O3. The number of hydrogen-bond donors (Lipinski definition) is 1. The van der Waals surface area contributed by atoms with E-state index in [1.807, 2.05) is 11.8 Å². The van der Waals surface area contributed by atoms with Crippen molar-refractivity contribution in [1.82, 2.24) is 19.6 Å². The molecule has 0 spiro atoms. The van der Waals surface area contributed by atoms with Crippen molar-refractivity contribution in [2.75, 3.05) is 26.2 Å². The number of carbonyl (C=O) groups is 2. The van der Waals surface area contributed by atoms with Gasteiger partial charge < -0.3 is 10.0 Å². The third-order valence-electron chi connectivity index (χ3n) is 5.97. The Hall–Kier alpha value is -2.45. The van der Waals surface area contributed by atoms with E-state index < -0.39 is 5.97 Å². The van der Waals surface area contributed by atoms with Crippen LogP contribution in [0, 0.1) is 18.7 Å². The van der Waals surface area contributed by atoms with Gasteiger partial charge in [-0.1, -0.05) is 17.7 Å². The molecule has 3 heterocycles. The molecule has 30 heavy (non-hydrogen) atoms. The zero-order chi connectivity index (χ0) is 21.4. The van der Waals surface area contributed by atoms with E-state index in [1.54, 1.807) is 21.7 Å². The van der Waals surface area contributed by atoms with Crippen LogP contribution in [0.1, 0.15) is 28.9 Å². The molecule has 0 saturated carbocycles. The third-order valence-corrected chi connectivity index (χ3v) is 6.20. The molecule has 0 aliphatic carbocycles. The van der Waals surface area contributed by atoms with Crippen molar-refractivity contribution >= 4 is 23.5 Å². The summed E-state index contributed by atoms with van der Waals surface area (Å²) in [7, 11) is 0. The number of carbonyl (C=O) groups excluding carboxylic acids is 1. The Morgan fingerprint density at radius 1 is 1.33 bits per heavy atom. The number of carboxylic acid groups (broad SMARTS) is 1. The fourth-order valence-electron chi connectivity index (χ4n) is 4.43. The highest BCUT2D eigenvalue weighted by Gasteiger charge is 2.34. The number of likely N-dealkylation sites (tertiary alicyclic amines) is 1. The minimum absolute atomic E-state index is 0.0352. The molecule has 2 aliphatic rings. The molecule has 1 aromatic carbocycles. The SMILES string of the molecule is Cc1nn(Cc2ccc(Cl)cc2F)c2c1CCN(C(=O)C1CCN(CC(=O)O)C1)C2. The molecule has 0 radical (unpaired) electrons. The highest BCUT2D eigenvalue weighted by atomic mass is 35.5. The molecule has 1 N–H and O–H groups in total. The lowest BCUT2D eigenvalue weighted by Crippen LogP contribution is -2.41. The van der Waals surface area contributed by atoms with Crippen molar-refractivity contribution in [3.05, 3.63) is 51.6 Å². The van der Waals surface area contributed by atoms with E-state index in [0.717, 1.165) is 17.0 Å². The fourth-order valence-corrected chi connectivity index (χ4v) is 4.59. The summed E-state index contributed by atoms with van der Waals surface area (Å²) < 4.78 is 16.1. The molecule has 1 saturated heterocycles. The molecule has 2 aliphatic heterocycles. The van der Waals surface area contributed by atoms with Crippen LogP contribution < -0.4 is 0 Å². The van der Waals surface area contributed by atoms with Crippen molar-refractivity contribution < 1.29 is 19.1 Å². The molecule has 1 aromatic heterocycles. The average molecular weight is 435 g/mol. The summed E-state index contributed by atoms with van der Waals surface area (Å²) in [5.74, 6) is -1.38. The van der Waals surface area contributed by atoms with Crippen LogP contribution in [0.15, 0.2) is 18.2 Å². The molecule has 0 bridgehead atoms. The predicted molar refractivity (Wildman–Crippen MR) is 109 cm³/mol. The van der Waals surface area contributed by atoms with E-state index in [2.05, 4.69) is 5.10 Å². The second-order valence-electron chi connectivity index (χ2n) is 8.03. The number of amides is 1. The number of hydrogen-bond acceptors (Lipinski definition) is 4. The number of aliphatic carboxylic acids is 1. The van der Waals surface area contributed by atoms with Gasteiger partial charge in [-0.3, -0.25) is 19.2 Å². The monoisotopic (exact) mass is 434 g/mol. The van der Waals surface area contributed by atoms with Gasteiger partial charge in [-0.2, -0.15) is 5.10 Å². The zero-order valence-electron chi connectivity index (χ0n) is 16.8. The molecule has 1 atom stereocenters. The first-order chi connectivity index (χ1) is 14.3. The predicted octanol–water partition coefficient (Wildman–Crippen LogP) is 2.32. The molecule has 160 valence electrons. The van der Waals surface area contributed by atoms with Crippen LogP contribution in [0.3, 0.4) is 0 Å². The van der Waals surface area contributed by atoms with Crippen molar-refractivity contribution in [3.8, 4) is 0 Å². The normalized spacial score (nSPS) is 19.2. The maximum Gasteiger partial charge on any atom is 0.317 e. The summed E-state index contributed by atoms with van der Waals surface area (Å²) in [5, 5.41) is 13.9. The Kier molecular flexibility index (Phi) is 5.79. The van der Waals surface area contributed by atoms with Crippen LogP contribution in [0.2, 0.25) is 5.02 Å². The van der Waals surface area contributed by atoms with Crippen molar-refractivity contribution in [1.29, 1.82) is 0 Å². The van der Waals surface area contributed by atoms with Crippen molar-refractivity contribution in [2.45, 2.75) is 32.9 Å². The second-order valence-corrected chi connectivity index (χ2v) is 8.46. The summed E-state index contributed by atoms with van der Waals surface area (Å²) in [6, 6.07) is 4.60. The number of halogens is 2. The Morgan fingerprint density at radius 2 is 2.13 bits per heavy atom. The van der Waals surface area contributed by atoms with Gasteiger partial charge in [-0.15, -0.1) is 0 Å². The van der Waals surface area contributed by atoms with Gasteiger partial charge in [0.15, 0.2) is 0 Å². The molecule has 2 aromatic rings. The minimum atomic E-state index is -0.875. The van der Waals surface area contributed by atoms with Gasteiger partial charge in [0.1, 0.15) is 5.82 Å². The summed E-state index contributed by atoms with van der Waals surface area (Å²) in [5.41, 5.74) is 3.45. The van der Waals surface area contributed by atoms with Crippen LogP contribution in [0.4, 0.5) is 4.39 Å². The van der Waals surface area contributed by atoms with Gasteiger partial charge in [-0.25, -0.2) is 4.39 Å². The number of benzene rings is 1. The van der Waals surface area contributed by atoms with E-state index in [1.165, 1.54) is 6.07 Å². The lowest BCUT2D eigenvalue weighted by Gasteiger charge is -2.30. The molecule has 7 nitrogen and oxygen atoms in total. The number of aromatic nitrogens is 2. The molecule has 1 fully saturated rings. The fraction of sp³-hybridized carbons (Fsp3) is 0.476. The largest absolute Gasteiger partial charge is 0.480 e. The van der Waals surface area contributed by atoms with Gasteiger partial charge in [0.25, 0.3) is 0 Å². The number of aryl methyl sites for hydroxylation is 1. The average Bonchev–Trinajstić information content (AvgIpc) is 3.27.